The molecule has 5 nitrogen and oxygen atoms in total. The fourth-order valence-electron chi connectivity index (χ4n) is 2.24. The molecule has 1 aliphatic rings. The van der Waals surface area contributed by atoms with Crippen LogP contribution in [0.3, 0.4) is 0 Å². The number of ether oxygens (including phenoxy) is 1. The smallest absolute Gasteiger partial charge is 0.228 e. The van der Waals surface area contributed by atoms with Crippen LogP contribution in [0, 0.1) is 18.8 Å². The molecule has 0 heterocycles. The summed E-state index contributed by atoms with van der Waals surface area (Å²) in [5, 5.41) is 6.25. The highest BCUT2D eigenvalue weighted by Gasteiger charge is 2.47. The maximum atomic E-state index is 12.1. The van der Waals surface area contributed by atoms with Crippen molar-refractivity contribution in [3.05, 3.63) is 28.8 Å². The van der Waals surface area contributed by atoms with E-state index < -0.39 is 0 Å². The van der Waals surface area contributed by atoms with Gasteiger partial charge in [0.2, 0.25) is 11.8 Å². The summed E-state index contributed by atoms with van der Waals surface area (Å²) in [6, 6.07) is 5.38. The van der Waals surface area contributed by atoms with Gasteiger partial charge in [0.05, 0.1) is 11.8 Å². The number of anilines is 1. The third-order valence-electron chi connectivity index (χ3n) is 3.73. The molecule has 1 aromatic carbocycles. The zero-order valence-electron chi connectivity index (χ0n) is 12.8. The molecule has 0 spiro atoms. The van der Waals surface area contributed by atoms with Gasteiger partial charge in [0.25, 0.3) is 0 Å². The average molecular weight is 325 g/mol. The number of carbonyl (C=O) groups is 2. The van der Waals surface area contributed by atoms with E-state index in [0.29, 0.717) is 30.3 Å². The first-order chi connectivity index (χ1) is 10.5. The van der Waals surface area contributed by atoms with Crippen LogP contribution in [-0.2, 0) is 14.3 Å². The van der Waals surface area contributed by atoms with Crippen LogP contribution in [0.5, 0.6) is 0 Å². The van der Waals surface area contributed by atoms with Crippen LogP contribution in [0.25, 0.3) is 0 Å². The summed E-state index contributed by atoms with van der Waals surface area (Å²) in [4.78, 5) is 24.0. The molecule has 2 unspecified atom stereocenters. The third-order valence-corrected chi connectivity index (χ3v) is 4.14. The Morgan fingerprint density at radius 2 is 2.05 bits per heavy atom. The highest BCUT2D eigenvalue weighted by Crippen LogP contribution is 2.39. The molecule has 0 radical (unpaired) electrons. The lowest BCUT2D eigenvalue weighted by Crippen LogP contribution is -2.28. The second kappa shape index (κ2) is 7.61. The molecule has 0 aliphatic heterocycles. The molecule has 6 heteroatoms. The van der Waals surface area contributed by atoms with Crippen molar-refractivity contribution in [3.63, 3.8) is 0 Å². The second-order valence-electron chi connectivity index (χ2n) is 5.54. The van der Waals surface area contributed by atoms with E-state index in [9.17, 15) is 9.59 Å². The van der Waals surface area contributed by atoms with Crippen molar-refractivity contribution < 1.29 is 14.3 Å². The first kappa shape index (κ1) is 16.8. The van der Waals surface area contributed by atoms with E-state index in [-0.39, 0.29) is 23.7 Å². The molecule has 2 N–H and O–H groups in total. The van der Waals surface area contributed by atoms with Crippen molar-refractivity contribution in [3.8, 4) is 0 Å². The van der Waals surface area contributed by atoms with Gasteiger partial charge in [-0.25, -0.2) is 0 Å². The molecule has 2 rings (SSSR count). The number of benzene rings is 1. The molecule has 0 aromatic heterocycles. The number of halogens is 1. The van der Waals surface area contributed by atoms with Gasteiger partial charge in [-0.1, -0.05) is 17.7 Å². The predicted octanol–water partition coefficient (Wildman–Crippen LogP) is 2.38. The number of amides is 2. The Kier molecular flexibility index (Phi) is 5.80. The molecule has 120 valence electrons. The summed E-state index contributed by atoms with van der Waals surface area (Å²) < 4.78 is 4.92. The van der Waals surface area contributed by atoms with Crippen molar-refractivity contribution >= 4 is 29.1 Å². The molecule has 0 bridgehead atoms. The Morgan fingerprint density at radius 3 is 2.73 bits per heavy atom. The van der Waals surface area contributed by atoms with E-state index in [0.717, 1.165) is 12.0 Å². The predicted molar refractivity (Wildman–Crippen MR) is 85.9 cm³/mol. The van der Waals surface area contributed by atoms with Crippen LogP contribution >= 0.6 is 11.6 Å². The fourth-order valence-corrected chi connectivity index (χ4v) is 2.42. The normalized spacial score (nSPS) is 19.6. The summed E-state index contributed by atoms with van der Waals surface area (Å²) in [7, 11) is 1.63. The first-order valence-electron chi connectivity index (χ1n) is 7.36. The number of nitrogens with one attached hydrogen (secondary N) is 2. The highest BCUT2D eigenvalue weighted by atomic mass is 35.5. The molecule has 2 amide bonds. The van der Waals surface area contributed by atoms with Crippen LogP contribution < -0.4 is 10.6 Å². The van der Waals surface area contributed by atoms with Gasteiger partial charge in [0.1, 0.15) is 0 Å². The van der Waals surface area contributed by atoms with Gasteiger partial charge in [-0.3, -0.25) is 9.59 Å². The maximum Gasteiger partial charge on any atom is 0.228 e. The molecule has 1 saturated carbocycles. The van der Waals surface area contributed by atoms with E-state index >= 15 is 0 Å². The number of hydrogen-bond acceptors (Lipinski definition) is 3. The average Bonchev–Trinajstić information content (AvgIpc) is 3.28. The lowest BCUT2D eigenvalue weighted by Gasteiger charge is -2.07. The Hall–Kier alpha value is -1.59. The molecule has 1 aliphatic carbocycles. The van der Waals surface area contributed by atoms with Gasteiger partial charge < -0.3 is 15.4 Å². The van der Waals surface area contributed by atoms with Gasteiger partial charge in [0, 0.05) is 31.0 Å². The minimum Gasteiger partial charge on any atom is -0.385 e. The van der Waals surface area contributed by atoms with Gasteiger partial charge in [0.15, 0.2) is 0 Å². The van der Waals surface area contributed by atoms with E-state index in [4.69, 9.17) is 16.3 Å². The largest absolute Gasteiger partial charge is 0.385 e. The summed E-state index contributed by atoms with van der Waals surface area (Å²) >= 11 is 6.03. The number of hydrogen-bond donors (Lipinski definition) is 2. The summed E-state index contributed by atoms with van der Waals surface area (Å²) in [6.07, 6.45) is 1.37. The molecular formula is C16H21ClN2O3. The molecule has 0 saturated heterocycles. The van der Waals surface area contributed by atoms with Crippen molar-refractivity contribution in [2.45, 2.75) is 19.8 Å². The summed E-state index contributed by atoms with van der Waals surface area (Å²) in [5.74, 6) is -0.652. The SMILES string of the molecule is COCCCNC(=O)C1CC1C(=O)Nc1ccc(C)c(Cl)c1. The van der Waals surface area contributed by atoms with Gasteiger partial charge in [-0.2, -0.15) is 0 Å². The number of methoxy groups -OCH3 is 1. The highest BCUT2D eigenvalue weighted by molar-refractivity contribution is 6.31. The van der Waals surface area contributed by atoms with Crippen molar-refractivity contribution in [1.82, 2.24) is 5.32 Å². The van der Waals surface area contributed by atoms with Crippen LogP contribution in [0.1, 0.15) is 18.4 Å². The van der Waals surface area contributed by atoms with Gasteiger partial charge in [-0.05, 0) is 37.5 Å². The summed E-state index contributed by atoms with van der Waals surface area (Å²) in [5.41, 5.74) is 1.62. The molecule has 1 aromatic rings. The van der Waals surface area contributed by atoms with E-state index in [2.05, 4.69) is 10.6 Å². The molecule has 2 atom stereocenters. The number of rotatable bonds is 7. The minimum atomic E-state index is -0.248. The van der Waals surface area contributed by atoms with Gasteiger partial charge in [-0.15, -0.1) is 0 Å². The Labute approximate surface area is 135 Å². The Morgan fingerprint density at radius 1 is 1.32 bits per heavy atom. The van der Waals surface area contributed by atoms with Crippen molar-refractivity contribution in [1.29, 1.82) is 0 Å². The standard InChI is InChI=1S/C16H21ClN2O3/c1-10-4-5-11(8-14(10)17)19-16(21)13-9-12(13)15(20)18-6-3-7-22-2/h4-5,8,12-13H,3,6-7,9H2,1-2H3,(H,18,20)(H,19,21). The van der Waals surface area contributed by atoms with E-state index in [1.165, 1.54) is 0 Å². The van der Waals surface area contributed by atoms with Crippen molar-refractivity contribution in [2.75, 3.05) is 25.6 Å². The number of carbonyl (C=O) groups excluding carboxylic acids is 2. The first-order valence-corrected chi connectivity index (χ1v) is 7.74. The van der Waals surface area contributed by atoms with E-state index in [1.54, 1.807) is 19.2 Å². The Bertz CT molecular complexity index is 562. The minimum absolute atomic E-state index is 0.0572. The summed E-state index contributed by atoms with van der Waals surface area (Å²) in [6.45, 7) is 3.09. The monoisotopic (exact) mass is 324 g/mol. The van der Waals surface area contributed by atoms with Gasteiger partial charge >= 0.3 is 0 Å². The van der Waals surface area contributed by atoms with Crippen molar-refractivity contribution in [2.24, 2.45) is 11.8 Å². The third kappa shape index (κ3) is 4.45. The van der Waals surface area contributed by atoms with Crippen LogP contribution in [0.2, 0.25) is 5.02 Å². The maximum absolute atomic E-state index is 12.1. The lowest BCUT2D eigenvalue weighted by molar-refractivity contribution is -0.125. The van der Waals surface area contributed by atoms with Crippen LogP contribution in [0.15, 0.2) is 18.2 Å². The van der Waals surface area contributed by atoms with Crippen LogP contribution in [0.4, 0.5) is 5.69 Å². The number of aryl methyl sites for hydroxylation is 1. The van der Waals surface area contributed by atoms with E-state index in [1.807, 2.05) is 13.0 Å². The topological polar surface area (TPSA) is 67.4 Å². The Balaban J connectivity index is 1.78. The second-order valence-corrected chi connectivity index (χ2v) is 5.95. The zero-order chi connectivity index (χ0) is 16.1. The van der Waals surface area contributed by atoms with Crippen LogP contribution in [-0.4, -0.2) is 32.1 Å². The molecule has 22 heavy (non-hydrogen) atoms. The lowest BCUT2D eigenvalue weighted by atomic mass is 10.2. The fraction of sp³-hybridized carbons (Fsp3) is 0.500. The molecule has 1 fully saturated rings. The zero-order valence-corrected chi connectivity index (χ0v) is 13.6. The quantitative estimate of drug-likeness (QED) is 0.757. The molecular weight excluding hydrogens is 304 g/mol.